The first kappa shape index (κ1) is 11.8. The molecule has 0 fully saturated rings. The first-order valence-corrected chi connectivity index (χ1v) is 5.12. The van der Waals surface area contributed by atoms with Crippen molar-refractivity contribution in [3.8, 4) is 0 Å². The van der Waals surface area contributed by atoms with E-state index in [-0.39, 0.29) is 13.0 Å². The van der Waals surface area contributed by atoms with Gasteiger partial charge in [-0.15, -0.1) is 0 Å². The van der Waals surface area contributed by atoms with Crippen molar-refractivity contribution in [1.29, 1.82) is 0 Å². The lowest BCUT2D eigenvalue weighted by atomic mass is 10.2. The van der Waals surface area contributed by atoms with E-state index in [0.717, 1.165) is 6.42 Å². The highest BCUT2D eigenvalue weighted by molar-refractivity contribution is 7.80. The van der Waals surface area contributed by atoms with Crippen LogP contribution < -0.4 is 0 Å². The Bertz CT molecular complexity index is 198. The van der Waals surface area contributed by atoms with E-state index in [1.54, 1.807) is 0 Å². The second-order valence-corrected chi connectivity index (χ2v) is 3.57. The Morgan fingerprint density at radius 3 is 2.42 bits per heavy atom. The van der Waals surface area contributed by atoms with Gasteiger partial charge in [0.1, 0.15) is 0 Å². The Kier molecular flexibility index (Phi) is 5.39. The van der Waals surface area contributed by atoms with E-state index < -0.39 is 16.5 Å². The Balaban J connectivity index is 3.44. The number of rotatable bonds is 6. The normalized spacial score (nSPS) is 14.6. The van der Waals surface area contributed by atoms with Crippen LogP contribution in [0.15, 0.2) is 0 Å². The van der Waals surface area contributed by atoms with Gasteiger partial charge in [0.25, 0.3) is 0 Å². The Labute approximate surface area is 72.3 Å². The van der Waals surface area contributed by atoms with Gasteiger partial charge in [-0.05, 0) is 12.8 Å². The van der Waals surface area contributed by atoms with Crippen molar-refractivity contribution in [1.82, 2.24) is 0 Å². The summed E-state index contributed by atoms with van der Waals surface area (Å²) < 4.78 is 32.2. The van der Waals surface area contributed by atoms with Gasteiger partial charge in [0.15, 0.2) is 0 Å². The lowest BCUT2D eigenvalue weighted by molar-refractivity contribution is 0.128. The molecule has 74 valence electrons. The molecule has 0 aliphatic heterocycles. The van der Waals surface area contributed by atoms with Crippen LogP contribution in [-0.4, -0.2) is 30.8 Å². The highest BCUT2D eigenvalue weighted by Gasteiger charge is 2.07. The molecule has 0 aromatic heterocycles. The molecule has 1 atom stereocenters. The molecule has 0 aromatic carbocycles. The van der Waals surface area contributed by atoms with Crippen molar-refractivity contribution in [3.05, 3.63) is 0 Å². The smallest absolute Gasteiger partial charge is 0.393 e. The molecule has 6 heteroatoms. The third-order valence-corrected chi connectivity index (χ3v) is 1.77. The summed E-state index contributed by atoms with van der Waals surface area (Å²) in [5.74, 6) is 0. The second kappa shape index (κ2) is 5.47. The fourth-order valence-electron chi connectivity index (χ4n) is 0.767. The maximum atomic E-state index is 10.0. The van der Waals surface area contributed by atoms with Crippen LogP contribution in [0.25, 0.3) is 0 Å². The quantitative estimate of drug-likeness (QED) is 0.602. The van der Waals surface area contributed by atoms with E-state index in [4.69, 9.17) is 9.66 Å². The van der Waals surface area contributed by atoms with Crippen LogP contribution in [0, 0.1) is 0 Å². The number of hydrogen-bond acceptors (Lipinski definition) is 4. The molecular weight excluding hydrogens is 184 g/mol. The Morgan fingerprint density at radius 2 is 2.00 bits per heavy atom. The zero-order chi connectivity index (χ0) is 9.61. The van der Waals surface area contributed by atoms with Crippen molar-refractivity contribution in [2.75, 3.05) is 6.61 Å². The van der Waals surface area contributed by atoms with Gasteiger partial charge in [0.05, 0.1) is 12.7 Å². The minimum Gasteiger partial charge on any atom is -0.393 e. The molecular formula is C6H14O5S. The van der Waals surface area contributed by atoms with Crippen LogP contribution in [0.2, 0.25) is 0 Å². The summed E-state index contributed by atoms with van der Waals surface area (Å²) in [7, 11) is -4.35. The predicted octanol–water partition coefficient (Wildman–Crippen LogP) is 0.357. The van der Waals surface area contributed by atoms with Crippen molar-refractivity contribution in [2.24, 2.45) is 0 Å². The monoisotopic (exact) mass is 198 g/mol. The van der Waals surface area contributed by atoms with Gasteiger partial charge in [-0.3, -0.25) is 4.55 Å². The van der Waals surface area contributed by atoms with E-state index in [1.807, 2.05) is 6.92 Å². The maximum absolute atomic E-state index is 10.0. The highest BCUT2D eigenvalue weighted by Crippen LogP contribution is 2.01. The van der Waals surface area contributed by atoms with Crippen LogP contribution in [0.5, 0.6) is 0 Å². The lowest BCUT2D eigenvalue weighted by Crippen LogP contribution is -2.12. The molecule has 0 bridgehead atoms. The van der Waals surface area contributed by atoms with Crippen molar-refractivity contribution in [2.45, 2.75) is 32.3 Å². The number of aliphatic hydroxyl groups excluding tert-OH is 1. The van der Waals surface area contributed by atoms with Crippen LogP contribution >= 0.6 is 0 Å². The molecule has 0 aliphatic rings. The average Bonchev–Trinajstić information content (AvgIpc) is 1.84. The van der Waals surface area contributed by atoms with Gasteiger partial charge < -0.3 is 5.11 Å². The van der Waals surface area contributed by atoms with Crippen LogP contribution in [0.1, 0.15) is 26.2 Å². The predicted molar refractivity (Wildman–Crippen MR) is 43.0 cm³/mol. The molecule has 5 nitrogen and oxygen atoms in total. The summed E-state index contributed by atoms with van der Waals surface area (Å²) in [4.78, 5) is 0. The van der Waals surface area contributed by atoms with Crippen molar-refractivity contribution in [3.63, 3.8) is 0 Å². The van der Waals surface area contributed by atoms with Gasteiger partial charge >= 0.3 is 10.4 Å². The molecule has 0 saturated heterocycles. The van der Waals surface area contributed by atoms with Crippen LogP contribution in [0.3, 0.4) is 0 Å². The Morgan fingerprint density at radius 1 is 1.42 bits per heavy atom. The zero-order valence-electron chi connectivity index (χ0n) is 6.93. The number of aliphatic hydroxyl groups is 1. The zero-order valence-corrected chi connectivity index (χ0v) is 7.75. The first-order valence-electron chi connectivity index (χ1n) is 3.75. The van der Waals surface area contributed by atoms with Crippen LogP contribution in [0.4, 0.5) is 0 Å². The second-order valence-electron chi connectivity index (χ2n) is 2.48. The molecule has 0 aromatic rings. The Hall–Kier alpha value is -0.170. The summed E-state index contributed by atoms with van der Waals surface area (Å²) in [6, 6.07) is 0. The molecule has 12 heavy (non-hydrogen) atoms. The summed E-state index contributed by atoms with van der Waals surface area (Å²) in [5, 5.41) is 9.09. The molecule has 0 radical (unpaired) electrons. The standard InChI is InChI=1S/C6H14O5S/c1-2-3-6(7)4-5-11-12(8,9)10/h6-7H,2-5H2,1H3,(H,8,9,10). The third-order valence-electron chi connectivity index (χ3n) is 1.31. The van der Waals surface area contributed by atoms with E-state index >= 15 is 0 Å². The number of hydrogen-bond donors (Lipinski definition) is 2. The largest absolute Gasteiger partial charge is 0.397 e. The fourth-order valence-corrected chi connectivity index (χ4v) is 1.07. The average molecular weight is 198 g/mol. The van der Waals surface area contributed by atoms with Gasteiger partial charge in [0.2, 0.25) is 0 Å². The molecule has 0 rings (SSSR count). The van der Waals surface area contributed by atoms with Crippen molar-refractivity contribution < 1.29 is 22.3 Å². The van der Waals surface area contributed by atoms with Gasteiger partial charge in [-0.2, -0.15) is 8.42 Å². The SMILES string of the molecule is CCCC(O)CCOS(=O)(=O)O. The van der Waals surface area contributed by atoms with E-state index in [1.165, 1.54) is 0 Å². The van der Waals surface area contributed by atoms with Crippen LogP contribution in [-0.2, 0) is 14.6 Å². The van der Waals surface area contributed by atoms with E-state index in [9.17, 15) is 8.42 Å². The summed E-state index contributed by atoms with van der Waals surface area (Å²) >= 11 is 0. The third kappa shape index (κ3) is 7.93. The molecule has 0 aliphatic carbocycles. The summed E-state index contributed by atoms with van der Waals surface area (Å²) in [6.07, 6.45) is 1.09. The maximum Gasteiger partial charge on any atom is 0.397 e. The van der Waals surface area contributed by atoms with Crippen molar-refractivity contribution >= 4 is 10.4 Å². The molecule has 0 spiro atoms. The minimum absolute atomic E-state index is 0.181. The molecule has 0 heterocycles. The molecule has 2 N–H and O–H groups in total. The molecule has 0 amide bonds. The summed E-state index contributed by atoms with van der Waals surface area (Å²) in [5.41, 5.74) is 0. The van der Waals surface area contributed by atoms with E-state index in [2.05, 4.69) is 4.18 Å². The topological polar surface area (TPSA) is 83.8 Å². The fraction of sp³-hybridized carbons (Fsp3) is 1.00. The molecule has 1 unspecified atom stereocenters. The van der Waals surface area contributed by atoms with Gasteiger partial charge in [0, 0.05) is 0 Å². The molecule has 0 saturated carbocycles. The highest BCUT2D eigenvalue weighted by atomic mass is 32.3. The van der Waals surface area contributed by atoms with Gasteiger partial charge in [-0.1, -0.05) is 13.3 Å². The van der Waals surface area contributed by atoms with Gasteiger partial charge in [-0.25, -0.2) is 4.18 Å². The minimum atomic E-state index is -4.35. The first-order chi connectivity index (χ1) is 5.45. The summed E-state index contributed by atoms with van der Waals surface area (Å²) in [6.45, 7) is 1.73. The lowest BCUT2D eigenvalue weighted by Gasteiger charge is -2.07. The van der Waals surface area contributed by atoms with E-state index in [0.29, 0.717) is 6.42 Å².